The molecule has 1 aromatic carbocycles. The lowest BCUT2D eigenvalue weighted by atomic mass is 10.0. The van der Waals surface area contributed by atoms with E-state index in [0.29, 0.717) is 0 Å². The van der Waals surface area contributed by atoms with Gasteiger partial charge in [0, 0.05) is 17.9 Å². The summed E-state index contributed by atoms with van der Waals surface area (Å²) in [6.07, 6.45) is 7.02. The molecular formula is C14H22N2. The second-order valence-electron chi connectivity index (χ2n) is 4.94. The van der Waals surface area contributed by atoms with E-state index in [1.54, 1.807) is 0 Å². The second-order valence-corrected chi connectivity index (χ2v) is 4.94. The Morgan fingerprint density at radius 2 is 2.06 bits per heavy atom. The summed E-state index contributed by atoms with van der Waals surface area (Å²) in [5, 5.41) is 3.46. The minimum absolute atomic E-state index is 0.880. The van der Waals surface area contributed by atoms with Gasteiger partial charge in [0.15, 0.2) is 0 Å². The molecule has 0 aliphatic heterocycles. The van der Waals surface area contributed by atoms with Crippen LogP contribution in [0.15, 0.2) is 18.2 Å². The zero-order valence-electron chi connectivity index (χ0n) is 10.1. The number of hydrogen-bond acceptors (Lipinski definition) is 2. The molecule has 2 nitrogen and oxygen atoms in total. The molecular weight excluding hydrogens is 196 g/mol. The van der Waals surface area contributed by atoms with Gasteiger partial charge in [-0.05, 0) is 37.0 Å². The molecule has 0 saturated heterocycles. The van der Waals surface area contributed by atoms with Crippen LogP contribution in [0.3, 0.4) is 0 Å². The van der Waals surface area contributed by atoms with Gasteiger partial charge in [-0.3, -0.25) is 0 Å². The van der Waals surface area contributed by atoms with Gasteiger partial charge >= 0.3 is 0 Å². The molecule has 1 aliphatic rings. The van der Waals surface area contributed by atoms with Gasteiger partial charge in [-0.1, -0.05) is 31.7 Å². The number of anilines is 2. The van der Waals surface area contributed by atoms with Gasteiger partial charge < -0.3 is 11.1 Å². The van der Waals surface area contributed by atoms with Crippen molar-refractivity contribution in [1.82, 2.24) is 0 Å². The first-order valence-corrected chi connectivity index (χ1v) is 6.36. The Labute approximate surface area is 98.2 Å². The van der Waals surface area contributed by atoms with Crippen LogP contribution < -0.4 is 11.1 Å². The van der Waals surface area contributed by atoms with Crippen molar-refractivity contribution < 1.29 is 0 Å². The van der Waals surface area contributed by atoms with Gasteiger partial charge in [0.05, 0.1) is 0 Å². The van der Waals surface area contributed by atoms with E-state index in [1.807, 2.05) is 13.0 Å². The van der Waals surface area contributed by atoms with Crippen molar-refractivity contribution in [3.8, 4) is 0 Å². The Bertz CT molecular complexity index is 341. The van der Waals surface area contributed by atoms with Crippen molar-refractivity contribution in [2.24, 2.45) is 5.92 Å². The zero-order chi connectivity index (χ0) is 11.4. The van der Waals surface area contributed by atoms with Crippen LogP contribution in [0.2, 0.25) is 0 Å². The fourth-order valence-electron chi connectivity index (χ4n) is 2.47. The maximum atomic E-state index is 5.87. The number of rotatable bonds is 4. The Kier molecular flexibility index (Phi) is 3.70. The van der Waals surface area contributed by atoms with E-state index in [0.717, 1.165) is 29.4 Å². The van der Waals surface area contributed by atoms with Gasteiger partial charge in [-0.2, -0.15) is 0 Å². The van der Waals surface area contributed by atoms with Gasteiger partial charge in [0.2, 0.25) is 0 Å². The van der Waals surface area contributed by atoms with E-state index < -0.39 is 0 Å². The monoisotopic (exact) mass is 218 g/mol. The molecule has 0 bridgehead atoms. The lowest BCUT2D eigenvalue weighted by Crippen LogP contribution is -2.07. The highest BCUT2D eigenvalue weighted by Gasteiger charge is 2.13. The minimum Gasteiger partial charge on any atom is -0.398 e. The maximum absolute atomic E-state index is 5.87. The minimum atomic E-state index is 0.880. The first-order chi connectivity index (χ1) is 7.75. The van der Waals surface area contributed by atoms with E-state index in [9.17, 15) is 0 Å². The second kappa shape index (κ2) is 5.24. The SMILES string of the molecule is Cc1ccc(NCCC2CCCC2)cc1N. The van der Waals surface area contributed by atoms with E-state index in [2.05, 4.69) is 17.4 Å². The molecule has 0 atom stereocenters. The van der Waals surface area contributed by atoms with E-state index in [-0.39, 0.29) is 0 Å². The van der Waals surface area contributed by atoms with Crippen molar-refractivity contribution in [2.75, 3.05) is 17.6 Å². The van der Waals surface area contributed by atoms with E-state index in [4.69, 9.17) is 5.73 Å². The average molecular weight is 218 g/mol. The molecule has 2 heteroatoms. The van der Waals surface area contributed by atoms with Crippen LogP contribution >= 0.6 is 0 Å². The van der Waals surface area contributed by atoms with Crippen molar-refractivity contribution in [2.45, 2.75) is 39.0 Å². The molecule has 0 aromatic heterocycles. The molecule has 1 fully saturated rings. The summed E-state index contributed by atoms with van der Waals surface area (Å²) in [6.45, 7) is 3.12. The van der Waals surface area contributed by atoms with Crippen molar-refractivity contribution >= 4 is 11.4 Å². The summed E-state index contributed by atoms with van der Waals surface area (Å²) in [5.41, 5.74) is 9.06. The fourth-order valence-corrected chi connectivity index (χ4v) is 2.47. The molecule has 0 amide bonds. The zero-order valence-corrected chi connectivity index (χ0v) is 10.1. The predicted molar refractivity (Wildman–Crippen MR) is 70.7 cm³/mol. The summed E-state index contributed by atoms with van der Waals surface area (Å²) in [7, 11) is 0. The molecule has 0 heterocycles. The summed E-state index contributed by atoms with van der Waals surface area (Å²) in [4.78, 5) is 0. The van der Waals surface area contributed by atoms with Crippen LogP contribution in [0.1, 0.15) is 37.7 Å². The molecule has 88 valence electrons. The van der Waals surface area contributed by atoms with E-state index >= 15 is 0 Å². The third-order valence-electron chi connectivity index (χ3n) is 3.64. The van der Waals surface area contributed by atoms with Crippen LogP contribution in [-0.4, -0.2) is 6.54 Å². The summed E-state index contributed by atoms with van der Waals surface area (Å²) < 4.78 is 0. The third-order valence-corrected chi connectivity index (χ3v) is 3.64. The number of nitrogens with one attached hydrogen (secondary N) is 1. The molecule has 1 aliphatic carbocycles. The topological polar surface area (TPSA) is 38.0 Å². The van der Waals surface area contributed by atoms with Crippen LogP contribution in [0, 0.1) is 12.8 Å². The fraction of sp³-hybridized carbons (Fsp3) is 0.571. The highest BCUT2D eigenvalue weighted by molar-refractivity contribution is 5.58. The van der Waals surface area contributed by atoms with Crippen molar-refractivity contribution in [1.29, 1.82) is 0 Å². The Hall–Kier alpha value is -1.18. The molecule has 0 unspecified atom stereocenters. The highest BCUT2D eigenvalue weighted by Crippen LogP contribution is 2.27. The lowest BCUT2D eigenvalue weighted by Gasteiger charge is -2.11. The molecule has 0 spiro atoms. The first kappa shape index (κ1) is 11.3. The van der Waals surface area contributed by atoms with Gasteiger partial charge in [0.1, 0.15) is 0 Å². The number of benzene rings is 1. The van der Waals surface area contributed by atoms with Gasteiger partial charge in [-0.25, -0.2) is 0 Å². The van der Waals surface area contributed by atoms with Gasteiger partial charge in [-0.15, -0.1) is 0 Å². The van der Waals surface area contributed by atoms with E-state index in [1.165, 1.54) is 32.1 Å². The number of hydrogen-bond donors (Lipinski definition) is 2. The maximum Gasteiger partial charge on any atom is 0.0364 e. The molecule has 3 N–H and O–H groups in total. The lowest BCUT2D eigenvalue weighted by molar-refractivity contribution is 0.518. The number of aryl methyl sites for hydroxylation is 1. The largest absolute Gasteiger partial charge is 0.398 e. The molecule has 16 heavy (non-hydrogen) atoms. The van der Waals surface area contributed by atoms with Crippen LogP contribution in [0.25, 0.3) is 0 Å². The average Bonchev–Trinajstić information content (AvgIpc) is 2.76. The third kappa shape index (κ3) is 2.91. The Balaban J connectivity index is 1.78. The van der Waals surface area contributed by atoms with Crippen LogP contribution in [-0.2, 0) is 0 Å². The molecule has 1 aromatic rings. The highest BCUT2D eigenvalue weighted by atomic mass is 14.9. The quantitative estimate of drug-likeness (QED) is 0.758. The Morgan fingerprint density at radius 1 is 1.31 bits per heavy atom. The molecule has 1 saturated carbocycles. The molecule has 0 radical (unpaired) electrons. The van der Waals surface area contributed by atoms with Crippen LogP contribution in [0.4, 0.5) is 11.4 Å². The van der Waals surface area contributed by atoms with Crippen molar-refractivity contribution in [3.63, 3.8) is 0 Å². The smallest absolute Gasteiger partial charge is 0.0364 e. The van der Waals surface area contributed by atoms with Crippen LogP contribution in [0.5, 0.6) is 0 Å². The summed E-state index contributed by atoms with van der Waals surface area (Å²) in [6, 6.07) is 6.22. The molecule has 2 rings (SSSR count). The predicted octanol–water partition coefficient (Wildman–Crippen LogP) is 3.57. The summed E-state index contributed by atoms with van der Waals surface area (Å²) in [5.74, 6) is 0.954. The van der Waals surface area contributed by atoms with Gasteiger partial charge in [0.25, 0.3) is 0 Å². The summed E-state index contributed by atoms with van der Waals surface area (Å²) >= 11 is 0. The standard InChI is InChI=1S/C14H22N2/c1-11-6-7-13(10-14(11)15)16-9-8-12-4-2-3-5-12/h6-7,10,12,16H,2-5,8-9,15H2,1H3. The number of nitrogens with two attached hydrogens (primary N) is 1. The van der Waals surface area contributed by atoms with Crippen molar-refractivity contribution in [3.05, 3.63) is 23.8 Å². The first-order valence-electron chi connectivity index (χ1n) is 6.36. The normalized spacial score (nSPS) is 16.6. The Morgan fingerprint density at radius 3 is 2.75 bits per heavy atom. The number of nitrogen functional groups attached to an aromatic ring is 1.